The van der Waals surface area contributed by atoms with Gasteiger partial charge >= 0.3 is 0 Å². The summed E-state index contributed by atoms with van der Waals surface area (Å²) in [6, 6.07) is 0. The van der Waals surface area contributed by atoms with Crippen LogP contribution in [-0.4, -0.2) is 60.3 Å². The van der Waals surface area contributed by atoms with E-state index in [1.807, 2.05) is 0 Å². The number of hydrogen-bond donors (Lipinski definition) is 3. The van der Waals surface area contributed by atoms with Crippen molar-refractivity contribution in [3.05, 3.63) is 0 Å². The van der Waals surface area contributed by atoms with Crippen LogP contribution in [0.3, 0.4) is 0 Å². The van der Waals surface area contributed by atoms with Crippen LogP contribution in [-0.2, 0) is 9.59 Å². The summed E-state index contributed by atoms with van der Waals surface area (Å²) < 4.78 is 0. The van der Waals surface area contributed by atoms with Crippen LogP contribution in [0.15, 0.2) is 0 Å². The van der Waals surface area contributed by atoms with E-state index in [1.54, 1.807) is 0 Å². The van der Waals surface area contributed by atoms with Gasteiger partial charge in [-0.25, -0.2) is 0 Å². The number of carboxylic acid groups (broad SMARTS) is 1. The first-order valence-electron chi connectivity index (χ1n) is 9.78. The summed E-state index contributed by atoms with van der Waals surface area (Å²) in [5, 5.41) is 19.1. The average molecular weight is 361 g/mol. The Bertz CT molecular complexity index is 285. The number of aliphatic hydroxyl groups excluding tert-OH is 1. The molecule has 0 aliphatic heterocycles. The Kier molecular flexibility index (Phi) is 23.9. The van der Waals surface area contributed by atoms with Gasteiger partial charge < -0.3 is 15.5 Å². The Hall–Kier alpha value is -1.14. The smallest absolute Gasteiger partial charge is 0.300 e. The number of nitrogens with one attached hydrogen (secondary N) is 1. The molecule has 0 unspecified atom stereocenters. The SMILES string of the molecule is CC(=O)O.CCCCCCCCCCCCN(CCO)CCNC=O. The lowest BCUT2D eigenvalue weighted by Gasteiger charge is -2.20. The Labute approximate surface area is 154 Å². The van der Waals surface area contributed by atoms with Crippen molar-refractivity contribution >= 4 is 12.4 Å². The van der Waals surface area contributed by atoms with Gasteiger partial charge in [0, 0.05) is 26.6 Å². The monoisotopic (exact) mass is 360 g/mol. The highest BCUT2D eigenvalue weighted by Crippen LogP contribution is 2.10. The molecule has 6 heteroatoms. The summed E-state index contributed by atoms with van der Waals surface area (Å²) in [4.78, 5) is 21.4. The molecule has 0 saturated carbocycles. The number of amides is 1. The topological polar surface area (TPSA) is 89.9 Å². The van der Waals surface area contributed by atoms with E-state index in [1.165, 1.54) is 64.2 Å². The van der Waals surface area contributed by atoms with Gasteiger partial charge in [-0.3, -0.25) is 14.5 Å². The number of unbranched alkanes of at least 4 members (excludes halogenated alkanes) is 9. The maximum Gasteiger partial charge on any atom is 0.300 e. The largest absolute Gasteiger partial charge is 0.481 e. The Morgan fingerprint density at radius 1 is 0.920 bits per heavy atom. The van der Waals surface area contributed by atoms with E-state index >= 15 is 0 Å². The van der Waals surface area contributed by atoms with Crippen LogP contribution in [0, 0.1) is 0 Å². The van der Waals surface area contributed by atoms with Crippen molar-refractivity contribution in [2.75, 3.05) is 32.8 Å². The maximum atomic E-state index is 10.2. The number of carbonyl (C=O) groups excluding carboxylic acids is 1. The van der Waals surface area contributed by atoms with Crippen LogP contribution in [0.4, 0.5) is 0 Å². The molecule has 0 spiro atoms. The summed E-state index contributed by atoms with van der Waals surface area (Å²) in [5.41, 5.74) is 0. The third-order valence-electron chi connectivity index (χ3n) is 3.90. The standard InChI is InChI=1S/C17H36N2O2.C2H4O2/c1-2-3-4-5-6-7-8-9-10-11-13-19(15-16-20)14-12-18-17-21;1-2(3)4/h17,20H,2-16H2,1H3,(H,18,21);1H3,(H,3,4). The fraction of sp³-hybridized carbons (Fsp3) is 0.895. The molecule has 0 saturated heterocycles. The highest BCUT2D eigenvalue weighted by atomic mass is 16.4. The number of rotatable bonds is 17. The van der Waals surface area contributed by atoms with Crippen molar-refractivity contribution in [3.63, 3.8) is 0 Å². The van der Waals surface area contributed by atoms with Crippen molar-refractivity contribution in [1.29, 1.82) is 0 Å². The zero-order valence-corrected chi connectivity index (χ0v) is 16.3. The molecule has 0 aliphatic rings. The molecule has 0 aromatic rings. The summed E-state index contributed by atoms with van der Waals surface area (Å²) in [5.74, 6) is -0.833. The molecule has 0 aliphatic carbocycles. The Morgan fingerprint density at radius 3 is 1.84 bits per heavy atom. The van der Waals surface area contributed by atoms with Gasteiger partial charge in [-0.15, -0.1) is 0 Å². The molecule has 0 fully saturated rings. The van der Waals surface area contributed by atoms with E-state index < -0.39 is 5.97 Å². The van der Waals surface area contributed by atoms with Gasteiger partial charge in [0.25, 0.3) is 5.97 Å². The van der Waals surface area contributed by atoms with Gasteiger partial charge in [-0.1, -0.05) is 64.7 Å². The van der Waals surface area contributed by atoms with Gasteiger partial charge in [-0.05, 0) is 13.0 Å². The van der Waals surface area contributed by atoms with E-state index in [9.17, 15) is 4.79 Å². The number of aliphatic carboxylic acids is 1. The third kappa shape index (κ3) is 28.0. The number of hydrogen-bond acceptors (Lipinski definition) is 4. The third-order valence-corrected chi connectivity index (χ3v) is 3.90. The number of aliphatic hydroxyl groups is 1. The predicted molar refractivity (Wildman–Crippen MR) is 103 cm³/mol. The lowest BCUT2D eigenvalue weighted by Crippen LogP contribution is -2.34. The van der Waals surface area contributed by atoms with E-state index in [0.29, 0.717) is 13.1 Å². The predicted octanol–water partition coefficient (Wildman–Crippen LogP) is 3.04. The molecule has 150 valence electrons. The van der Waals surface area contributed by atoms with Crippen molar-refractivity contribution in [2.24, 2.45) is 0 Å². The molecular formula is C19H40N2O4. The van der Waals surface area contributed by atoms with Gasteiger partial charge in [0.05, 0.1) is 6.61 Å². The van der Waals surface area contributed by atoms with Gasteiger partial charge in [-0.2, -0.15) is 0 Å². The van der Waals surface area contributed by atoms with E-state index in [0.717, 1.165) is 26.4 Å². The van der Waals surface area contributed by atoms with E-state index in [2.05, 4.69) is 17.1 Å². The van der Waals surface area contributed by atoms with Crippen LogP contribution in [0.2, 0.25) is 0 Å². The molecule has 0 atom stereocenters. The van der Waals surface area contributed by atoms with E-state index in [4.69, 9.17) is 15.0 Å². The zero-order valence-electron chi connectivity index (χ0n) is 16.3. The van der Waals surface area contributed by atoms with Crippen LogP contribution in [0.25, 0.3) is 0 Å². The quantitative estimate of drug-likeness (QED) is 0.274. The highest BCUT2D eigenvalue weighted by Gasteiger charge is 2.03. The minimum absolute atomic E-state index is 0.193. The molecule has 6 nitrogen and oxygen atoms in total. The summed E-state index contributed by atoms with van der Waals surface area (Å²) >= 11 is 0. The first kappa shape index (κ1) is 26.1. The van der Waals surface area contributed by atoms with Crippen LogP contribution in [0.5, 0.6) is 0 Å². The number of carbonyl (C=O) groups is 2. The zero-order chi connectivity index (χ0) is 19.2. The highest BCUT2D eigenvalue weighted by molar-refractivity contribution is 5.62. The van der Waals surface area contributed by atoms with E-state index in [-0.39, 0.29) is 6.61 Å². The normalized spacial score (nSPS) is 10.2. The van der Waals surface area contributed by atoms with Crippen molar-refractivity contribution < 1.29 is 19.8 Å². The second-order valence-electron chi connectivity index (χ2n) is 6.34. The molecule has 0 heterocycles. The molecule has 1 amide bonds. The summed E-state index contributed by atoms with van der Waals surface area (Å²) in [6.07, 6.45) is 14.2. The molecular weight excluding hydrogens is 320 g/mol. The van der Waals surface area contributed by atoms with Crippen molar-refractivity contribution in [3.8, 4) is 0 Å². The van der Waals surface area contributed by atoms with Gasteiger partial charge in [0.1, 0.15) is 0 Å². The maximum absolute atomic E-state index is 10.2. The van der Waals surface area contributed by atoms with Crippen LogP contribution in [0.1, 0.15) is 78.1 Å². The lowest BCUT2D eigenvalue weighted by atomic mass is 10.1. The Morgan fingerprint density at radius 2 is 1.40 bits per heavy atom. The molecule has 0 aromatic heterocycles. The second-order valence-corrected chi connectivity index (χ2v) is 6.34. The van der Waals surface area contributed by atoms with Crippen LogP contribution >= 0.6 is 0 Å². The minimum atomic E-state index is -0.833. The van der Waals surface area contributed by atoms with Crippen molar-refractivity contribution in [1.82, 2.24) is 10.2 Å². The molecule has 0 radical (unpaired) electrons. The van der Waals surface area contributed by atoms with Crippen molar-refractivity contribution in [2.45, 2.75) is 78.1 Å². The molecule has 3 N–H and O–H groups in total. The molecule has 0 bridgehead atoms. The molecule has 0 rings (SSSR count). The fourth-order valence-corrected chi connectivity index (χ4v) is 2.58. The fourth-order valence-electron chi connectivity index (χ4n) is 2.58. The second kappa shape index (κ2) is 22.9. The minimum Gasteiger partial charge on any atom is -0.481 e. The Balaban J connectivity index is 0. The average Bonchev–Trinajstić information content (AvgIpc) is 2.56. The van der Waals surface area contributed by atoms with Gasteiger partial charge in [0.15, 0.2) is 0 Å². The summed E-state index contributed by atoms with van der Waals surface area (Å²) in [7, 11) is 0. The van der Waals surface area contributed by atoms with Crippen LogP contribution < -0.4 is 5.32 Å². The lowest BCUT2D eigenvalue weighted by molar-refractivity contribution is -0.134. The number of carboxylic acids is 1. The summed E-state index contributed by atoms with van der Waals surface area (Å²) in [6.45, 7) is 6.77. The molecule has 0 aromatic carbocycles. The molecule has 25 heavy (non-hydrogen) atoms. The van der Waals surface area contributed by atoms with Gasteiger partial charge in [0.2, 0.25) is 6.41 Å². The number of nitrogens with zero attached hydrogens (tertiary/aromatic N) is 1. The first-order chi connectivity index (χ1) is 12.1. The first-order valence-corrected chi connectivity index (χ1v) is 9.78.